The Labute approximate surface area is 136 Å². The molecule has 2 heterocycles. The molecule has 1 aliphatic rings. The monoisotopic (exact) mass is 314 g/mol. The first kappa shape index (κ1) is 15.3. The minimum Gasteiger partial charge on any atom is -0.368 e. The third kappa shape index (κ3) is 3.08. The van der Waals surface area contributed by atoms with Crippen molar-refractivity contribution < 1.29 is 4.74 Å². The summed E-state index contributed by atoms with van der Waals surface area (Å²) in [6.07, 6.45) is 2.95. The lowest BCUT2D eigenvalue weighted by atomic mass is 9.94. The number of thiophene rings is 1. The molecule has 4 heteroatoms. The van der Waals surface area contributed by atoms with Crippen LogP contribution in [0.15, 0.2) is 34.6 Å². The first-order chi connectivity index (χ1) is 10.7. The molecule has 2 aromatic rings. The van der Waals surface area contributed by atoms with Gasteiger partial charge in [-0.1, -0.05) is 12.1 Å². The minimum atomic E-state index is 0.0822. The predicted molar refractivity (Wildman–Crippen MR) is 93.5 cm³/mol. The van der Waals surface area contributed by atoms with Gasteiger partial charge in [-0.05, 0) is 54.5 Å². The highest BCUT2D eigenvalue weighted by Gasteiger charge is 2.24. The minimum absolute atomic E-state index is 0.0822. The molecular weight excluding hydrogens is 292 g/mol. The summed E-state index contributed by atoms with van der Waals surface area (Å²) < 4.78 is 6.02. The van der Waals surface area contributed by atoms with Crippen LogP contribution in [-0.2, 0) is 11.2 Å². The highest BCUT2D eigenvalue weighted by molar-refractivity contribution is 7.10. The van der Waals surface area contributed by atoms with Gasteiger partial charge in [0.25, 0.3) is 0 Å². The highest BCUT2D eigenvalue weighted by atomic mass is 32.1. The lowest BCUT2D eigenvalue weighted by molar-refractivity contribution is 0.0721. The van der Waals surface area contributed by atoms with E-state index in [9.17, 15) is 0 Å². The van der Waals surface area contributed by atoms with Crippen LogP contribution in [0.5, 0.6) is 0 Å². The summed E-state index contributed by atoms with van der Waals surface area (Å²) in [5.41, 5.74) is 4.92. The molecule has 1 atom stereocenters. The molecule has 22 heavy (non-hydrogen) atoms. The van der Waals surface area contributed by atoms with Crippen molar-refractivity contribution in [2.45, 2.75) is 26.4 Å². The lowest BCUT2D eigenvalue weighted by Gasteiger charge is -2.26. The molecule has 3 rings (SSSR count). The Morgan fingerprint density at radius 3 is 3.05 bits per heavy atom. The van der Waals surface area contributed by atoms with Gasteiger partial charge < -0.3 is 9.64 Å². The molecule has 0 fully saturated rings. The van der Waals surface area contributed by atoms with Gasteiger partial charge in [0.2, 0.25) is 0 Å². The van der Waals surface area contributed by atoms with Crippen molar-refractivity contribution >= 4 is 23.4 Å². The Kier molecular flexibility index (Phi) is 4.60. The van der Waals surface area contributed by atoms with E-state index < -0.39 is 0 Å². The van der Waals surface area contributed by atoms with Crippen LogP contribution in [0.2, 0.25) is 0 Å². The van der Waals surface area contributed by atoms with Gasteiger partial charge >= 0.3 is 0 Å². The number of nitrogens with zero attached hydrogens (tertiary/aromatic N) is 2. The topological polar surface area (TPSA) is 24.8 Å². The van der Waals surface area contributed by atoms with E-state index in [1.807, 2.05) is 13.4 Å². The van der Waals surface area contributed by atoms with E-state index >= 15 is 0 Å². The quantitative estimate of drug-likeness (QED) is 0.620. The Balaban J connectivity index is 1.95. The van der Waals surface area contributed by atoms with E-state index in [2.05, 4.69) is 53.4 Å². The van der Waals surface area contributed by atoms with Crippen LogP contribution >= 0.6 is 11.3 Å². The zero-order valence-electron chi connectivity index (χ0n) is 13.4. The van der Waals surface area contributed by atoms with Crippen LogP contribution in [-0.4, -0.2) is 31.4 Å². The van der Waals surface area contributed by atoms with E-state index in [0.717, 1.165) is 25.3 Å². The number of ether oxygens (including phenoxy) is 1. The first-order valence-corrected chi connectivity index (χ1v) is 8.60. The van der Waals surface area contributed by atoms with Crippen molar-refractivity contribution in [3.63, 3.8) is 0 Å². The largest absolute Gasteiger partial charge is 0.368 e. The summed E-state index contributed by atoms with van der Waals surface area (Å²) in [4.78, 5) is 7.99. The fraction of sp³-hybridized carbons (Fsp3) is 0.389. The summed E-state index contributed by atoms with van der Waals surface area (Å²) in [7, 11) is 2.04. The van der Waals surface area contributed by atoms with Gasteiger partial charge in [0.15, 0.2) is 0 Å². The number of hydrogen-bond donors (Lipinski definition) is 0. The molecule has 0 N–H and O–H groups in total. The van der Waals surface area contributed by atoms with Gasteiger partial charge in [0.1, 0.15) is 6.10 Å². The zero-order chi connectivity index (χ0) is 15.5. The zero-order valence-corrected chi connectivity index (χ0v) is 14.2. The molecule has 0 saturated heterocycles. The molecule has 0 bridgehead atoms. The second-order valence-corrected chi connectivity index (χ2v) is 6.65. The average molecular weight is 314 g/mol. The van der Waals surface area contributed by atoms with Crippen LogP contribution in [0.3, 0.4) is 0 Å². The molecule has 116 valence electrons. The van der Waals surface area contributed by atoms with Gasteiger partial charge in [-0.15, -0.1) is 11.3 Å². The second kappa shape index (κ2) is 6.63. The Hall–Kier alpha value is -1.65. The number of hydrogen-bond acceptors (Lipinski definition) is 3. The van der Waals surface area contributed by atoms with E-state index in [1.54, 1.807) is 11.3 Å². The standard InChI is InChI=1S/C18H22N2OS/c1-4-20(3)12-19-16-11-14-7-8-21-18(15(14)10-13(16)2)17-6-5-9-22-17/h5-6,9-12,18H,4,7-8H2,1-3H3/b19-12+. The van der Waals surface area contributed by atoms with E-state index in [-0.39, 0.29) is 6.10 Å². The van der Waals surface area contributed by atoms with E-state index in [1.165, 1.54) is 21.6 Å². The highest BCUT2D eigenvalue weighted by Crippen LogP contribution is 2.37. The van der Waals surface area contributed by atoms with Gasteiger partial charge in [-0.3, -0.25) is 0 Å². The SMILES string of the molecule is CCN(C)/C=N/c1cc2c(cc1C)C(c1cccs1)OCC2. The molecule has 0 spiro atoms. The van der Waals surface area contributed by atoms with Crippen molar-refractivity contribution in [3.05, 3.63) is 51.2 Å². The van der Waals surface area contributed by atoms with Gasteiger partial charge in [-0.2, -0.15) is 0 Å². The van der Waals surface area contributed by atoms with Crippen LogP contribution in [0.4, 0.5) is 5.69 Å². The molecule has 1 aromatic heterocycles. The molecule has 0 radical (unpaired) electrons. The van der Waals surface area contributed by atoms with Crippen molar-refractivity contribution in [1.82, 2.24) is 4.90 Å². The molecule has 1 aliphatic heterocycles. The summed E-state index contributed by atoms with van der Waals surface area (Å²) in [5.74, 6) is 0. The third-order valence-corrected chi connectivity index (χ3v) is 5.01. The molecule has 0 saturated carbocycles. The second-order valence-electron chi connectivity index (χ2n) is 5.67. The maximum atomic E-state index is 6.02. The van der Waals surface area contributed by atoms with Crippen molar-refractivity contribution in [3.8, 4) is 0 Å². The van der Waals surface area contributed by atoms with Crippen molar-refractivity contribution in [2.24, 2.45) is 4.99 Å². The van der Waals surface area contributed by atoms with Crippen LogP contribution in [0, 0.1) is 6.92 Å². The van der Waals surface area contributed by atoms with E-state index in [4.69, 9.17) is 4.74 Å². The van der Waals surface area contributed by atoms with Crippen molar-refractivity contribution in [1.29, 1.82) is 0 Å². The lowest BCUT2D eigenvalue weighted by Crippen LogP contribution is -2.17. The fourth-order valence-electron chi connectivity index (χ4n) is 2.66. The van der Waals surface area contributed by atoms with Gasteiger partial charge in [0, 0.05) is 18.5 Å². The van der Waals surface area contributed by atoms with Crippen LogP contribution in [0.25, 0.3) is 0 Å². The summed E-state index contributed by atoms with van der Waals surface area (Å²) >= 11 is 1.76. The van der Waals surface area contributed by atoms with Gasteiger partial charge in [0.05, 0.1) is 18.6 Å². The Bertz CT molecular complexity index is 664. The summed E-state index contributed by atoms with van der Waals surface area (Å²) in [5, 5.41) is 2.11. The number of benzene rings is 1. The molecule has 3 nitrogen and oxygen atoms in total. The molecule has 1 aromatic carbocycles. The molecule has 1 unspecified atom stereocenters. The molecule has 0 amide bonds. The van der Waals surface area contributed by atoms with Crippen molar-refractivity contribution in [2.75, 3.05) is 20.2 Å². The maximum absolute atomic E-state index is 6.02. The van der Waals surface area contributed by atoms with Crippen LogP contribution < -0.4 is 0 Å². The van der Waals surface area contributed by atoms with Crippen LogP contribution in [0.1, 0.15) is 34.6 Å². The fourth-order valence-corrected chi connectivity index (χ4v) is 3.45. The molecule has 0 aliphatic carbocycles. The predicted octanol–water partition coefficient (Wildman–Crippen LogP) is 4.33. The normalized spacial score (nSPS) is 17.7. The summed E-state index contributed by atoms with van der Waals surface area (Å²) in [6.45, 7) is 5.98. The maximum Gasteiger partial charge on any atom is 0.117 e. The van der Waals surface area contributed by atoms with E-state index in [0.29, 0.717) is 0 Å². The Morgan fingerprint density at radius 2 is 2.32 bits per heavy atom. The number of fused-ring (bicyclic) bond motifs is 1. The first-order valence-electron chi connectivity index (χ1n) is 7.72. The molecular formula is C18H22N2OS. The number of aliphatic imine (C=N–C) groups is 1. The third-order valence-electron chi connectivity index (χ3n) is 4.09. The smallest absolute Gasteiger partial charge is 0.117 e. The Morgan fingerprint density at radius 1 is 1.45 bits per heavy atom. The average Bonchev–Trinajstić information content (AvgIpc) is 3.06. The number of aryl methyl sites for hydroxylation is 1. The van der Waals surface area contributed by atoms with Gasteiger partial charge in [-0.25, -0.2) is 4.99 Å². The number of rotatable bonds is 4. The summed E-state index contributed by atoms with van der Waals surface area (Å²) in [6, 6.07) is 8.72.